The number of esters is 1. The lowest BCUT2D eigenvalue weighted by Crippen LogP contribution is -2.63. The van der Waals surface area contributed by atoms with Crippen LogP contribution in [0.4, 0.5) is 0 Å². The zero-order valence-electron chi connectivity index (χ0n) is 22.6. The third-order valence-electron chi connectivity index (χ3n) is 11.8. The van der Waals surface area contributed by atoms with Gasteiger partial charge in [0.05, 0.1) is 23.9 Å². The molecule has 39 heavy (non-hydrogen) atoms. The Morgan fingerprint density at radius 3 is 2.49 bits per heavy atom. The molecule has 0 aromatic heterocycles. The maximum Gasteiger partial charge on any atom is 0.331 e. The van der Waals surface area contributed by atoms with Crippen LogP contribution in [-0.2, 0) is 23.8 Å². The highest BCUT2D eigenvalue weighted by Crippen LogP contribution is 2.69. The average Bonchev–Trinajstić information content (AvgIpc) is 3.41. The number of ether oxygens (including phenoxy) is 3. The van der Waals surface area contributed by atoms with Crippen molar-refractivity contribution in [2.24, 2.45) is 34.5 Å². The lowest BCUT2D eigenvalue weighted by atomic mass is 9.43. The number of hydrogen-bond acceptors (Lipinski definition) is 10. The Hall–Kier alpha value is -1.40. The van der Waals surface area contributed by atoms with Crippen LogP contribution in [-0.4, -0.2) is 92.9 Å². The highest BCUT2D eigenvalue weighted by Gasteiger charge is 2.70. The lowest BCUT2D eigenvalue weighted by Gasteiger charge is -2.63. The second-order valence-corrected chi connectivity index (χ2v) is 13.4. The number of rotatable bonds is 4. The Kier molecular flexibility index (Phi) is 6.81. The molecule has 6 rings (SSSR count). The molecule has 2 aliphatic heterocycles. The first kappa shape index (κ1) is 27.8. The monoisotopic (exact) mass is 550 g/mol. The predicted molar refractivity (Wildman–Crippen MR) is 135 cm³/mol. The third-order valence-corrected chi connectivity index (χ3v) is 11.8. The van der Waals surface area contributed by atoms with Crippen molar-refractivity contribution in [1.82, 2.24) is 0 Å². The predicted octanol–water partition coefficient (Wildman–Crippen LogP) is 0.606. The van der Waals surface area contributed by atoms with Crippen molar-refractivity contribution < 1.29 is 49.3 Å². The van der Waals surface area contributed by atoms with E-state index in [1.165, 1.54) is 6.08 Å². The molecular weight excluding hydrogens is 508 g/mol. The van der Waals surface area contributed by atoms with Gasteiger partial charge >= 0.3 is 5.97 Å². The summed E-state index contributed by atoms with van der Waals surface area (Å²) in [5.74, 6) is -0.892. The second kappa shape index (κ2) is 9.58. The summed E-state index contributed by atoms with van der Waals surface area (Å²) in [6, 6.07) is 0. The van der Waals surface area contributed by atoms with Crippen molar-refractivity contribution in [3.8, 4) is 0 Å². The summed E-state index contributed by atoms with van der Waals surface area (Å²) >= 11 is 0. The van der Waals surface area contributed by atoms with Gasteiger partial charge in [0.25, 0.3) is 0 Å². The van der Waals surface area contributed by atoms with Crippen LogP contribution < -0.4 is 0 Å². The minimum atomic E-state index is -1.37. The molecular formula is C29H42O10. The van der Waals surface area contributed by atoms with E-state index in [4.69, 9.17) is 14.2 Å². The maximum absolute atomic E-state index is 12.9. The van der Waals surface area contributed by atoms with Gasteiger partial charge in [0.2, 0.25) is 0 Å². The van der Waals surface area contributed by atoms with Crippen LogP contribution in [0.5, 0.6) is 0 Å². The Balaban J connectivity index is 1.21. The Morgan fingerprint density at radius 2 is 1.79 bits per heavy atom. The molecule has 0 radical (unpaired) electrons. The van der Waals surface area contributed by atoms with E-state index in [-0.39, 0.29) is 42.8 Å². The summed E-state index contributed by atoms with van der Waals surface area (Å²) in [7, 11) is 0. The number of aliphatic hydroxyl groups is 5. The van der Waals surface area contributed by atoms with Crippen molar-refractivity contribution in [3.63, 3.8) is 0 Å². The molecule has 10 nitrogen and oxygen atoms in total. The van der Waals surface area contributed by atoms with E-state index in [2.05, 4.69) is 0 Å². The molecule has 0 unspecified atom stereocenters. The van der Waals surface area contributed by atoms with E-state index in [9.17, 15) is 35.1 Å². The second-order valence-electron chi connectivity index (χ2n) is 13.4. The van der Waals surface area contributed by atoms with Gasteiger partial charge in [-0.3, -0.25) is 0 Å². The van der Waals surface area contributed by atoms with Crippen LogP contribution in [0.1, 0.15) is 65.2 Å². The number of aliphatic hydroxyl groups excluding tert-OH is 4. The molecule has 4 aliphatic carbocycles. The van der Waals surface area contributed by atoms with Gasteiger partial charge in [-0.1, -0.05) is 6.92 Å². The van der Waals surface area contributed by atoms with Gasteiger partial charge in [0.1, 0.15) is 31.2 Å². The van der Waals surface area contributed by atoms with E-state index in [0.717, 1.165) is 31.1 Å². The Bertz CT molecular complexity index is 1030. The molecule has 5 N–H and O–H groups in total. The zero-order valence-corrected chi connectivity index (χ0v) is 22.6. The molecule has 4 saturated carbocycles. The number of aldehydes is 1. The number of hydrogen-bond donors (Lipinski definition) is 5. The minimum Gasteiger partial charge on any atom is -0.458 e. The quantitative estimate of drug-likeness (QED) is 0.190. The van der Waals surface area contributed by atoms with Crippen LogP contribution in [0.15, 0.2) is 11.6 Å². The minimum absolute atomic E-state index is 0.0253. The number of cyclic esters (lactones) is 1. The van der Waals surface area contributed by atoms with E-state index in [1.54, 1.807) is 6.92 Å². The van der Waals surface area contributed by atoms with Crippen molar-refractivity contribution in [3.05, 3.63) is 11.6 Å². The Labute approximate surface area is 228 Å². The molecule has 14 atom stereocenters. The number of carbonyl (C=O) groups is 2. The largest absolute Gasteiger partial charge is 0.458 e. The summed E-state index contributed by atoms with van der Waals surface area (Å²) < 4.78 is 16.9. The number of carbonyl (C=O) groups excluding carboxylic acids is 2. The fourth-order valence-corrected chi connectivity index (χ4v) is 9.82. The molecule has 1 saturated heterocycles. The van der Waals surface area contributed by atoms with Crippen LogP contribution in [0.25, 0.3) is 0 Å². The van der Waals surface area contributed by atoms with Crippen LogP contribution in [0.3, 0.4) is 0 Å². The lowest BCUT2D eigenvalue weighted by molar-refractivity contribution is -0.309. The fourth-order valence-electron chi connectivity index (χ4n) is 9.82. The fraction of sp³-hybridized carbons (Fsp3) is 0.862. The zero-order chi connectivity index (χ0) is 27.9. The van der Waals surface area contributed by atoms with E-state index >= 15 is 0 Å². The van der Waals surface area contributed by atoms with Crippen molar-refractivity contribution in [2.75, 3.05) is 6.61 Å². The topological polar surface area (TPSA) is 163 Å². The van der Waals surface area contributed by atoms with Gasteiger partial charge in [-0.25, -0.2) is 4.79 Å². The first-order valence-corrected chi connectivity index (χ1v) is 14.5. The van der Waals surface area contributed by atoms with Gasteiger partial charge in [-0.2, -0.15) is 0 Å². The highest BCUT2D eigenvalue weighted by molar-refractivity contribution is 5.85. The molecule has 0 aromatic rings. The summed E-state index contributed by atoms with van der Waals surface area (Å²) in [5, 5.41) is 54.1. The van der Waals surface area contributed by atoms with E-state index in [1.807, 2.05) is 6.92 Å². The van der Waals surface area contributed by atoms with Crippen molar-refractivity contribution in [2.45, 2.75) is 114 Å². The standard InChI is InChI=1S/C29H42O10/c1-14-23(33)24(34)25(35)26(38-14)39-17-5-8-28(13-30)16(10-17)3-4-19-18(28)6-7-27(2)22(15-9-21(32)37-12-15)20(31)11-29(19,27)36/h9,13-14,16-20,22-26,31,33-36H,3-8,10-12H2,1-2H3/t14-,16+,17-,18+,19+,20-,22-,23-,24+,25-,26+,27+,28+,29-/m0/s1. The molecule has 218 valence electrons. The average molecular weight is 551 g/mol. The first-order chi connectivity index (χ1) is 18.4. The van der Waals surface area contributed by atoms with Gasteiger partial charge in [-0.15, -0.1) is 0 Å². The van der Waals surface area contributed by atoms with Crippen LogP contribution >= 0.6 is 0 Å². The molecule has 0 amide bonds. The molecule has 0 aromatic carbocycles. The molecule has 6 aliphatic rings. The molecule has 5 fully saturated rings. The van der Waals surface area contributed by atoms with Gasteiger partial charge in [-0.05, 0) is 75.2 Å². The normalized spacial score (nSPS) is 55.2. The summed E-state index contributed by atoms with van der Waals surface area (Å²) in [6.45, 7) is 3.80. The van der Waals surface area contributed by atoms with Gasteiger partial charge < -0.3 is 44.5 Å². The summed E-state index contributed by atoms with van der Waals surface area (Å²) in [5.41, 5.74) is -1.64. The van der Waals surface area contributed by atoms with Crippen molar-refractivity contribution in [1.29, 1.82) is 0 Å². The smallest absolute Gasteiger partial charge is 0.331 e. The summed E-state index contributed by atoms with van der Waals surface area (Å²) in [6.07, 6.45) is 0.686. The number of fused-ring (bicyclic) bond motifs is 5. The van der Waals surface area contributed by atoms with Crippen molar-refractivity contribution >= 4 is 12.3 Å². The first-order valence-electron chi connectivity index (χ1n) is 14.5. The van der Waals surface area contributed by atoms with E-state index < -0.39 is 59.2 Å². The summed E-state index contributed by atoms with van der Waals surface area (Å²) in [4.78, 5) is 24.7. The molecule has 0 bridgehead atoms. The van der Waals surface area contributed by atoms with Crippen LogP contribution in [0.2, 0.25) is 0 Å². The maximum atomic E-state index is 12.9. The molecule has 2 heterocycles. The SMILES string of the molecule is C[C@@H]1O[C@H](O[C@H]2CC[C@@]3(C=O)[C@H](CC[C@@H]4[C@H]3CC[C@]3(C)[C@@H](C5=CC(=O)OC5)[C@@H](O)C[C@]43O)C2)[C@@H](O)[C@H](O)[C@H]1O. The Morgan fingerprint density at radius 1 is 1.03 bits per heavy atom. The molecule has 0 spiro atoms. The van der Waals surface area contributed by atoms with Crippen LogP contribution in [0, 0.1) is 34.5 Å². The third kappa shape index (κ3) is 3.93. The highest BCUT2D eigenvalue weighted by atomic mass is 16.7. The van der Waals surface area contributed by atoms with Gasteiger partial charge in [0.15, 0.2) is 6.29 Å². The molecule has 10 heteroatoms. The van der Waals surface area contributed by atoms with E-state index in [0.29, 0.717) is 25.7 Å². The van der Waals surface area contributed by atoms with Gasteiger partial charge in [0, 0.05) is 29.2 Å².